The summed E-state index contributed by atoms with van der Waals surface area (Å²) < 4.78 is 15.8. The van der Waals surface area contributed by atoms with Crippen molar-refractivity contribution in [1.82, 2.24) is 15.3 Å². The Morgan fingerprint density at radius 1 is 1.40 bits per heavy atom. The van der Waals surface area contributed by atoms with Gasteiger partial charge in [-0.1, -0.05) is 0 Å². The Labute approximate surface area is 118 Å². The molecule has 20 heavy (non-hydrogen) atoms. The maximum atomic E-state index is 10.4. The minimum absolute atomic E-state index is 0.175. The number of aromatic nitrogens is 2. The van der Waals surface area contributed by atoms with Crippen molar-refractivity contribution in [3.8, 4) is 11.8 Å². The lowest BCUT2D eigenvalue weighted by atomic mass is 9.97. The van der Waals surface area contributed by atoms with Crippen molar-refractivity contribution >= 4 is 0 Å². The molecule has 1 fully saturated rings. The molecular weight excluding hydrogens is 262 g/mol. The van der Waals surface area contributed by atoms with Crippen LogP contribution in [-0.2, 0) is 11.3 Å². The van der Waals surface area contributed by atoms with E-state index in [9.17, 15) is 5.11 Å². The number of rotatable bonds is 6. The van der Waals surface area contributed by atoms with E-state index in [0.29, 0.717) is 37.9 Å². The van der Waals surface area contributed by atoms with Crippen LogP contribution in [0.25, 0.3) is 0 Å². The summed E-state index contributed by atoms with van der Waals surface area (Å²) in [5.41, 5.74) is -0.108. The van der Waals surface area contributed by atoms with Crippen molar-refractivity contribution < 1.29 is 19.3 Å². The number of hydrogen-bond acceptors (Lipinski definition) is 7. The van der Waals surface area contributed by atoms with Gasteiger partial charge in [-0.15, -0.1) is 0 Å². The lowest BCUT2D eigenvalue weighted by Crippen LogP contribution is -2.45. The summed E-state index contributed by atoms with van der Waals surface area (Å²) in [7, 11) is 3.09. The smallest absolute Gasteiger partial charge is 0.224 e. The Hall–Kier alpha value is -1.44. The summed E-state index contributed by atoms with van der Waals surface area (Å²) in [4.78, 5) is 8.10. The predicted molar refractivity (Wildman–Crippen MR) is 71.8 cm³/mol. The highest BCUT2D eigenvalue weighted by atomic mass is 16.5. The third-order valence-corrected chi connectivity index (χ3v) is 3.65. The second-order valence-electron chi connectivity index (χ2n) is 4.84. The molecule has 1 aliphatic rings. The number of aliphatic hydroxyl groups is 1. The quantitative estimate of drug-likeness (QED) is 0.767. The van der Waals surface area contributed by atoms with Gasteiger partial charge in [0.25, 0.3) is 0 Å². The van der Waals surface area contributed by atoms with Gasteiger partial charge in [0, 0.05) is 26.1 Å². The monoisotopic (exact) mass is 283 g/mol. The lowest BCUT2D eigenvalue weighted by Gasteiger charge is -2.26. The van der Waals surface area contributed by atoms with Crippen LogP contribution in [-0.4, -0.2) is 54.2 Å². The van der Waals surface area contributed by atoms with E-state index in [2.05, 4.69) is 15.3 Å². The van der Waals surface area contributed by atoms with Crippen molar-refractivity contribution in [1.29, 1.82) is 0 Å². The summed E-state index contributed by atoms with van der Waals surface area (Å²) in [5, 5.41) is 13.6. The molecule has 2 rings (SSSR count). The maximum absolute atomic E-state index is 10.4. The number of ether oxygens (including phenoxy) is 3. The molecule has 2 atom stereocenters. The molecule has 1 aromatic heterocycles. The number of nitrogens with zero attached hydrogens (tertiary/aromatic N) is 2. The molecule has 1 aliphatic heterocycles. The van der Waals surface area contributed by atoms with Gasteiger partial charge in [-0.3, -0.25) is 0 Å². The van der Waals surface area contributed by atoms with Gasteiger partial charge in [0.1, 0.15) is 11.9 Å². The number of methoxy groups -OCH3 is 2. The molecule has 0 aliphatic carbocycles. The average molecular weight is 283 g/mol. The molecule has 2 N–H and O–H groups in total. The summed E-state index contributed by atoms with van der Waals surface area (Å²) in [6.07, 6.45) is 1.84. The predicted octanol–water partition coefficient (Wildman–Crippen LogP) is 0.123. The number of nitrogens with one attached hydrogen (secondary N) is 1. The van der Waals surface area contributed by atoms with Crippen LogP contribution in [0.5, 0.6) is 11.8 Å². The molecule has 7 nitrogen and oxygen atoms in total. The Morgan fingerprint density at radius 2 is 2.05 bits per heavy atom. The average Bonchev–Trinajstić information content (AvgIpc) is 2.79. The van der Waals surface area contributed by atoms with Crippen molar-refractivity contribution in [3.63, 3.8) is 0 Å². The molecule has 112 valence electrons. The van der Waals surface area contributed by atoms with Gasteiger partial charge in [-0.25, -0.2) is 9.97 Å². The topological polar surface area (TPSA) is 85.7 Å². The van der Waals surface area contributed by atoms with E-state index < -0.39 is 5.60 Å². The van der Waals surface area contributed by atoms with E-state index in [1.807, 2.05) is 6.92 Å². The summed E-state index contributed by atoms with van der Waals surface area (Å²) in [6, 6.07) is 0. The van der Waals surface area contributed by atoms with E-state index in [1.54, 1.807) is 14.2 Å². The standard InChI is InChI=1S/C13H21N3O4/c1-9-13(17,4-5-20-9)7-14-6-10-11(18-2)15-8-16-12(10)19-3/h8-9,14,17H,4-7H2,1-3H3. The third kappa shape index (κ3) is 3.00. The van der Waals surface area contributed by atoms with Crippen molar-refractivity contribution in [2.45, 2.75) is 31.6 Å². The molecule has 0 spiro atoms. The summed E-state index contributed by atoms with van der Waals surface area (Å²) in [5.74, 6) is 0.930. The second kappa shape index (κ2) is 6.34. The van der Waals surface area contributed by atoms with E-state index in [1.165, 1.54) is 6.33 Å². The second-order valence-corrected chi connectivity index (χ2v) is 4.84. The van der Waals surface area contributed by atoms with E-state index in [4.69, 9.17) is 14.2 Å². The van der Waals surface area contributed by atoms with Gasteiger partial charge in [0.05, 0.1) is 25.9 Å². The Balaban J connectivity index is 2.00. The minimum Gasteiger partial charge on any atom is -0.481 e. The van der Waals surface area contributed by atoms with Crippen LogP contribution in [0, 0.1) is 0 Å². The van der Waals surface area contributed by atoms with Crippen LogP contribution >= 0.6 is 0 Å². The van der Waals surface area contributed by atoms with Crippen LogP contribution in [0.15, 0.2) is 6.33 Å². The fourth-order valence-corrected chi connectivity index (χ4v) is 2.29. The van der Waals surface area contributed by atoms with Gasteiger partial charge >= 0.3 is 0 Å². The molecule has 0 aromatic carbocycles. The molecule has 2 unspecified atom stereocenters. The van der Waals surface area contributed by atoms with Gasteiger partial charge in [0.2, 0.25) is 11.8 Å². The largest absolute Gasteiger partial charge is 0.481 e. The molecule has 0 bridgehead atoms. The molecular formula is C13H21N3O4. The lowest BCUT2D eigenvalue weighted by molar-refractivity contribution is -0.0263. The van der Waals surface area contributed by atoms with Crippen molar-refractivity contribution in [3.05, 3.63) is 11.9 Å². The minimum atomic E-state index is -0.837. The third-order valence-electron chi connectivity index (χ3n) is 3.65. The van der Waals surface area contributed by atoms with Crippen LogP contribution in [0.2, 0.25) is 0 Å². The van der Waals surface area contributed by atoms with Gasteiger partial charge in [0.15, 0.2) is 0 Å². The van der Waals surface area contributed by atoms with Crippen LogP contribution < -0.4 is 14.8 Å². The Kier molecular flexibility index (Phi) is 4.74. The van der Waals surface area contributed by atoms with Gasteiger partial charge in [-0.2, -0.15) is 0 Å². The van der Waals surface area contributed by atoms with E-state index >= 15 is 0 Å². The zero-order valence-electron chi connectivity index (χ0n) is 12.0. The highest BCUT2D eigenvalue weighted by molar-refractivity contribution is 5.34. The summed E-state index contributed by atoms with van der Waals surface area (Å²) in [6.45, 7) is 3.33. The van der Waals surface area contributed by atoms with Crippen molar-refractivity contribution in [2.24, 2.45) is 0 Å². The normalized spacial score (nSPS) is 25.7. The highest BCUT2D eigenvalue weighted by Crippen LogP contribution is 2.26. The fourth-order valence-electron chi connectivity index (χ4n) is 2.29. The highest BCUT2D eigenvalue weighted by Gasteiger charge is 2.39. The van der Waals surface area contributed by atoms with E-state index in [-0.39, 0.29) is 6.10 Å². The molecule has 1 saturated heterocycles. The van der Waals surface area contributed by atoms with Crippen molar-refractivity contribution in [2.75, 3.05) is 27.4 Å². The number of hydrogen-bond donors (Lipinski definition) is 2. The van der Waals surface area contributed by atoms with Crippen LogP contribution in [0.4, 0.5) is 0 Å². The molecule has 2 heterocycles. The Bertz CT molecular complexity index is 435. The molecule has 1 aromatic rings. The fraction of sp³-hybridized carbons (Fsp3) is 0.692. The maximum Gasteiger partial charge on any atom is 0.224 e. The first kappa shape index (κ1) is 15.0. The molecule has 0 radical (unpaired) electrons. The molecule has 0 saturated carbocycles. The van der Waals surface area contributed by atoms with Gasteiger partial charge in [-0.05, 0) is 6.92 Å². The van der Waals surface area contributed by atoms with E-state index in [0.717, 1.165) is 5.56 Å². The Morgan fingerprint density at radius 3 is 2.55 bits per heavy atom. The molecule has 7 heteroatoms. The first-order valence-corrected chi connectivity index (χ1v) is 6.57. The zero-order valence-corrected chi connectivity index (χ0v) is 12.0. The SMILES string of the molecule is COc1ncnc(OC)c1CNCC1(O)CCOC1C. The molecule has 0 amide bonds. The summed E-state index contributed by atoms with van der Waals surface area (Å²) >= 11 is 0. The first-order chi connectivity index (χ1) is 9.60. The van der Waals surface area contributed by atoms with Gasteiger partial charge < -0.3 is 24.6 Å². The van der Waals surface area contributed by atoms with Crippen LogP contribution in [0.3, 0.4) is 0 Å². The zero-order chi connectivity index (χ0) is 14.6. The first-order valence-electron chi connectivity index (χ1n) is 6.57. The van der Waals surface area contributed by atoms with Crippen LogP contribution in [0.1, 0.15) is 18.9 Å².